The van der Waals surface area contributed by atoms with Gasteiger partial charge in [-0.1, -0.05) is 18.2 Å². The molecule has 1 N–H and O–H groups in total. The molecule has 5 heteroatoms. The molecule has 1 amide bonds. The van der Waals surface area contributed by atoms with E-state index in [1.807, 2.05) is 6.07 Å². The zero-order valence-electron chi connectivity index (χ0n) is 7.64. The van der Waals surface area contributed by atoms with Crippen molar-refractivity contribution in [2.45, 2.75) is 0 Å². The molecule has 0 unspecified atom stereocenters. The Bertz CT molecular complexity index is 430. The fourth-order valence-corrected chi connectivity index (χ4v) is 1.22. The number of benzene rings is 1. The summed E-state index contributed by atoms with van der Waals surface area (Å²) in [6.07, 6.45) is 0. The topological polar surface area (TPSA) is 52.9 Å². The van der Waals surface area contributed by atoms with Crippen molar-refractivity contribution in [3.63, 3.8) is 0 Å². The van der Waals surface area contributed by atoms with Crippen LogP contribution in [0.3, 0.4) is 0 Å². The third kappa shape index (κ3) is 3.35. The molecular formula is C10H8N2OS2. The van der Waals surface area contributed by atoms with Crippen molar-refractivity contribution in [2.24, 2.45) is 0 Å². The Morgan fingerprint density at radius 1 is 1.27 bits per heavy atom. The molecule has 1 aromatic rings. The van der Waals surface area contributed by atoms with Gasteiger partial charge in [-0.05, 0) is 12.1 Å². The lowest BCUT2D eigenvalue weighted by Gasteiger charge is -2.03. The second-order valence-corrected chi connectivity index (χ2v) is 3.88. The molecule has 0 spiro atoms. The van der Waals surface area contributed by atoms with Crippen molar-refractivity contribution < 1.29 is 4.79 Å². The highest BCUT2D eigenvalue weighted by Crippen LogP contribution is 2.14. The highest BCUT2D eigenvalue weighted by Gasteiger charge is 2.11. The smallest absolute Gasteiger partial charge is 0.267 e. The second-order valence-electron chi connectivity index (χ2n) is 2.63. The van der Waals surface area contributed by atoms with Gasteiger partial charge in [-0.3, -0.25) is 4.79 Å². The molecule has 0 aliphatic heterocycles. The number of carbonyl (C=O) groups excluding carboxylic acids is 1. The molecule has 0 atom stereocenters. The zero-order valence-corrected chi connectivity index (χ0v) is 9.43. The molecule has 76 valence electrons. The third-order valence-electron chi connectivity index (χ3n) is 1.59. The van der Waals surface area contributed by atoms with Gasteiger partial charge in [0.2, 0.25) is 0 Å². The minimum atomic E-state index is -0.510. The Balaban J connectivity index is 2.82. The van der Waals surface area contributed by atoms with E-state index in [9.17, 15) is 4.79 Å². The molecule has 0 aliphatic rings. The number of hydrogen-bond donors (Lipinski definition) is 3. The number of carbonyl (C=O) groups is 1. The lowest BCUT2D eigenvalue weighted by atomic mass is 10.3. The van der Waals surface area contributed by atoms with Gasteiger partial charge in [0, 0.05) is 5.69 Å². The largest absolute Gasteiger partial charge is 0.321 e. The summed E-state index contributed by atoms with van der Waals surface area (Å²) in [5.74, 6) is -0.510. The van der Waals surface area contributed by atoms with Crippen molar-refractivity contribution in [3.05, 3.63) is 40.1 Å². The highest BCUT2D eigenvalue weighted by molar-refractivity contribution is 8.05. The number of rotatable bonds is 2. The van der Waals surface area contributed by atoms with Crippen LogP contribution >= 0.6 is 25.3 Å². The number of hydrogen-bond acceptors (Lipinski definition) is 4. The Hall–Kier alpha value is -1.38. The van der Waals surface area contributed by atoms with Crippen molar-refractivity contribution in [2.75, 3.05) is 5.32 Å². The summed E-state index contributed by atoms with van der Waals surface area (Å²) >= 11 is 7.68. The molecule has 0 aliphatic carbocycles. The van der Waals surface area contributed by atoms with Crippen LogP contribution < -0.4 is 5.32 Å². The lowest BCUT2D eigenvalue weighted by molar-refractivity contribution is -0.112. The molecule has 15 heavy (non-hydrogen) atoms. The number of thiol groups is 2. The Morgan fingerprint density at radius 2 is 1.87 bits per heavy atom. The molecule has 0 radical (unpaired) electrons. The molecule has 3 nitrogen and oxygen atoms in total. The minimum Gasteiger partial charge on any atom is -0.321 e. The molecular weight excluding hydrogens is 228 g/mol. The van der Waals surface area contributed by atoms with Gasteiger partial charge in [-0.15, -0.1) is 25.3 Å². The summed E-state index contributed by atoms with van der Waals surface area (Å²) in [5.41, 5.74) is 0.517. The third-order valence-corrected chi connectivity index (χ3v) is 2.04. The number of amides is 1. The number of nitrogens with one attached hydrogen (secondary N) is 1. The van der Waals surface area contributed by atoms with E-state index in [4.69, 9.17) is 5.26 Å². The quantitative estimate of drug-likeness (QED) is 0.419. The van der Waals surface area contributed by atoms with Crippen molar-refractivity contribution in [1.29, 1.82) is 5.26 Å². The Kier molecular flexibility index (Phi) is 4.28. The number of nitriles is 1. The van der Waals surface area contributed by atoms with Gasteiger partial charge < -0.3 is 5.32 Å². The van der Waals surface area contributed by atoms with Crippen molar-refractivity contribution >= 4 is 36.9 Å². The van der Waals surface area contributed by atoms with Crippen LogP contribution in [0, 0.1) is 11.3 Å². The number of nitrogens with zero attached hydrogens (tertiary/aromatic N) is 1. The maximum absolute atomic E-state index is 11.5. The van der Waals surface area contributed by atoms with Crippen molar-refractivity contribution in [3.8, 4) is 6.07 Å². The number of para-hydroxylation sites is 1. The first kappa shape index (κ1) is 11.7. The predicted molar refractivity (Wildman–Crippen MR) is 65.7 cm³/mol. The molecule has 0 fully saturated rings. The monoisotopic (exact) mass is 236 g/mol. The average Bonchev–Trinajstić information content (AvgIpc) is 2.19. The summed E-state index contributed by atoms with van der Waals surface area (Å²) < 4.78 is 0.103. The first-order valence-electron chi connectivity index (χ1n) is 4.04. The van der Waals surface area contributed by atoms with Gasteiger partial charge in [0.15, 0.2) is 0 Å². The maximum Gasteiger partial charge on any atom is 0.267 e. The van der Waals surface area contributed by atoms with Gasteiger partial charge >= 0.3 is 0 Å². The molecule has 0 heterocycles. The van der Waals surface area contributed by atoms with Crippen LogP contribution in [-0.4, -0.2) is 5.91 Å². The van der Waals surface area contributed by atoms with E-state index in [1.165, 1.54) is 0 Å². The average molecular weight is 236 g/mol. The fourth-order valence-electron chi connectivity index (χ4n) is 0.917. The van der Waals surface area contributed by atoms with E-state index in [0.29, 0.717) is 5.69 Å². The molecule has 0 aromatic heterocycles. The van der Waals surface area contributed by atoms with Crippen molar-refractivity contribution in [1.82, 2.24) is 0 Å². The van der Waals surface area contributed by atoms with Crippen LogP contribution in [0.25, 0.3) is 0 Å². The predicted octanol–water partition coefficient (Wildman–Crippen LogP) is 2.22. The maximum atomic E-state index is 11.5. The summed E-state index contributed by atoms with van der Waals surface area (Å²) in [6.45, 7) is 0. The summed E-state index contributed by atoms with van der Waals surface area (Å²) in [5, 5.41) is 11.2. The lowest BCUT2D eigenvalue weighted by Crippen LogP contribution is -2.13. The zero-order chi connectivity index (χ0) is 11.3. The Labute approximate surface area is 98.6 Å². The summed E-state index contributed by atoms with van der Waals surface area (Å²) in [7, 11) is 0. The van der Waals surface area contributed by atoms with E-state index in [-0.39, 0.29) is 9.81 Å². The first-order valence-corrected chi connectivity index (χ1v) is 4.93. The molecule has 1 rings (SSSR count). The normalized spacial score (nSPS) is 8.87. The van der Waals surface area contributed by atoms with E-state index in [1.54, 1.807) is 30.3 Å². The minimum absolute atomic E-state index is 0.103. The first-order chi connectivity index (χ1) is 7.15. The van der Waals surface area contributed by atoms with Crippen LogP contribution in [0.2, 0.25) is 0 Å². The second kappa shape index (κ2) is 5.49. The summed E-state index contributed by atoms with van der Waals surface area (Å²) in [4.78, 5) is 11.5. The molecule has 1 aromatic carbocycles. The highest BCUT2D eigenvalue weighted by atomic mass is 32.2. The van der Waals surface area contributed by atoms with Gasteiger partial charge in [0.05, 0.1) is 4.24 Å². The van der Waals surface area contributed by atoms with Gasteiger partial charge in [0.25, 0.3) is 5.91 Å². The van der Waals surface area contributed by atoms with Crippen LogP contribution in [0.4, 0.5) is 5.69 Å². The van der Waals surface area contributed by atoms with E-state index < -0.39 is 5.91 Å². The van der Waals surface area contributed by atoms with Crippen LogP contribution in [0.1, 0.15) is 0 Å². The van der Waals surface area contributed by atoms with E-state index in [0.717, 1.165) is 0 Å². The van der Waals surface area contributed by atoms with Crippen LogP contribution in [0.15, 0.2) is 40.1 Å². The van der Waals surface area contributed by atoms with Crippen LogP contribution in [0.5, 0.6) is 0 Å². The van der Waals surface area contributed by atoms with E-state index >= 15 is 0 Å². The molecule has 0 saturated heterocycles. The van der Waals surface area contributed by atoms with E-state index in [2.05, 4.69) is 30.6 Å². The summed E-state index contributed by atoms with van der Waals surface area (Å²) in [6, 6.07) is 10.6. The standard InChI is InChI=1S/C10H8N2OS2/c11-6-8(10(14)15)9(13)12-7-4-2-1-3-5-7/h1-5,14-15H,(H,12,13). The molecule has 0 bridgehead atoms. The van der Waals surface area contributed by atoms with Gasteiger partial charge in [-0.2, -0.15) is 5.26 Å². The van der Waals surface area contributed by atoms with Gasteiger partial charge in [-0.25, -0.2) is 0 Å². The van der Waals surface area contributed by atoms with Crippen LogP contribution in [-0.2, 0) is 4.79 Å². The van der Waals surface area contributed by atoms with Gasteiger partial charge in [0.1, 0.15) is 11.6 Å². The fraction of sp³-hybridized carbons (Fsp3) is 0. The number of anilines is 1. The molecule has 0 saturated carbocycles. The SMILES string of the molecule is N#CC(C(=O)Nc1ccccc1)=C(S)S. The Morgan fingerprint density at radius 3 is 2.33 bits per heavy atom.